The average molecular weight is 202 g/mol. The van der Waals surface area contributed by atoms with Crippen LogP contribution in [-0.4, -0.2) is 20.9 Å². The SMILES string of the molecule is Cc1c[nH]c(=O)n1N=Cc1cccnc1. The average Bonchev–Trinajstić information content (AvgIpc) is 2.58. The Labute approximate surface area is 86.1 Å². The third-order valence-corrected chi connectivity index (χ3v) is 1.94. The molecule has 0 aliphatic carbocycles. The van der Waals surface area contributed by atoms with Crippen molar-refractivity contribution in [3.8, 4) is 0 Å². The topological polar surface area (TPSA) is 63.0 Å². The van der Waals surface area contributed by atoms with Gasteiger partial charge in [-0.1, -0.05) is 6.07 Å². The highest BCUT2D eigenvalue weighted by molar-refractivity contribution is 5.78. The highest BCUT2D eigenvalue weighted by Crippen LogP contribution is 1.93. The lowest BCUT2D eigenvalue weighted by atomic mass is 10.3. The van der Waals surface area contributed by atoms with E-state index >= 15 is 0 Å². The van der Waals surface area contributed by atoms with Crippen LogP contribution in [0.15, 0.2) is 40.6 Å². The number of pyridine rings is 1. The molecule has 5 nitrogen and oxygen atoms in total. The van der Waals surface area contributed by atoms with E-state index in [0.29, 0.717) is 0 Å². The molecule has 15 heavy (non-hydrogen) atoms. The van der Waals surface area contributed by atoms with E-state index in [-0.39, 0.29) is 5.69 Å². The lowest BCUT2D eigenvalue weighted by molar-refractivity contribution is 0.804. The van der Waals surface area contributed by atoms with Crippen LogP contribution in [0.2, 0.25) is 0 Å². The molecule has 0 bridgehead atoms. The second kappa shape index (κ2) is 3.91. The van der Waals surface area contributed by atoms with E-state index in [1.807, 2.05) is 12.1 Å². The summed E-state index contributed by atoms with van der Waals surface area (Å²) in [6, 6.07) is 3.68. The van der Waals surface area contributed by atoms with Crippen LogP contribution in [0.5, 0.6) is 0 Å². The summed E-state index contributed by atoms with van der Waals surface area (Å²) >= 11 is 0. The van der Waals surface area contributed by atoms with Crippen LogP contribution in [0.1, 0.15) is 11.3 Å². The number of rotatable bonds is 2. The minimum absolute atomic E-state index is 0.243. The van der Waals surface area contributed by atoms with Gasteiger partial charge in [0.1, 0.15) is 0 Å². The zero-order valence-corrected chi connectivity index (χ0v) is 8.21. The van der Waals surface area contributed by atoms with Crippen LogP contribution in [0.3, 0.4) is 0 Å². The summed E-state index contributed by atoms with van der Waals surface area (Å²) in [5, 5.41) is 4.04. The summed E-state index contributed by atoms with van der Waals surface area (Å²) in [5.41, 5.74) is 1.37. The van der Waals surface area contributed by atoms with Gasteiger partial charge in [-0.15, -0.1) is 0 Å². The second-order valence-electron chi connectivity index (χ2n) is 3.08. The number of nitrogens with zero attached hydrogens (tertiary/aromatic N) is 3. The number of aromatic amines is 1. The molecule has 1 N–H and O–H groups in total. The highest BCUT2D eigenvalue weighted by atomic mass is 16.1. The van der Waals surface area contributed by atoms with E-state index in [1.54, 1.807) is 31.7 Å². The molecule has 76 valence electrons. The second-order valence-corrected chi connectivity index (χ2v) is 3.08. The summed E-state index contributed by atoms with van der Waals surface area (Å²) < 4.78 is 1.30. The maximum absolute atomic E-state index is 11.2. The van der Waals surface area contributed by atoms with Crippen molar-refractivity contribution in [1.29, 1.82) is 0 Å². The predicted molar refractivity (Wildman–Crippen MR) is 57.0 cm³/mol. The molecule has 0 atom stereocenters. The maximum Gasteiger partial charge on any atom is 0.346 e. The fraction of sp³-hybridized carbons (Fsp3) is 0.100. The van der Waals surface area contributed by atoms with Gasteiger partial charge in [0.25, 0.3) is 0 Å². The van der Waals surface area contributed by atoms with Gasteiger partial charge in [-0.2, -0.15) is 9.78 Å². The summed E-state index contributed by atoms with van der Waals surface area (Å²) in [6.45, 7) is 1.80. The van der Waals surface area contributed by atoms with Gasteiger partial charge in [0.05, 0.1) is 11.9 Å². The number of hydrogen-bond donors (Lipinski definition) is 1. The van der Waals surface area contributed by atoms with Crippen LogP contribution in [0, 0.1) is 6.92 Å². The zero-order valence-electron chi connectivity index (χ0n) is 8.21. The van der Waals surface area contributed by atoms with Crippen molar-refractivity contribution >= 4 is 6.21 Å². The molecule has 2 rings (SSSR count). The number of aromatic nitrogens is 3. The van der Waals surface area contributed by atoms with Crippen LogP contribution >= 0.6 is 0 Å². The molecule has 2 aromatic heterocycles. The molecule has 2 aromatic rings. The molecule has 0 aliphatic heterocycles. The Morgan fingerprint density at radius 3 is 3.07 bits per heavy atom. The van der Waals surface area contributed by atoms with E-state index < -0.39 is 0 Å². The fourth-order valence-electron chi connectivity index (χ4n) is 1.17. The van der Waals surface area contributed by atoms with Gasteiger partial charge in [0, 0.05) is 24.2 Å². The molecule has 2 heterocycles. The number of imidazole rings is 1. The van der Waals surface area contributed by atoms with Crippen molar-refractivity contribution in [2.24, 2.45) is 5.10 Å². The number of nitrogens with one attached hydrogen (secondary N) is 1. The normalized spacial score (nSPS) is 11.0. The van der Waals surface area contributed by atoms with Gasteiger partial charge in [0.15, 0.2) is 0 Å². The van der Waals surface area contributed by atoms with Crippen molar-refractivity contribution < 1.29 is 0 Å². The molecular formula is C10H10N4O. The Hall–Kier alpha value is -2.17. The monoisotopic (exact) mass is 202 g/mol. The van der Waals surface area contributed by atoms with E-state index in [1.165, 1.54) is 4.68 Å². The van der Waals surface area contributed by atoms with E-state index in [4.69, 9.17) is 0 Å². The molecule has 0 aromatic carbocycles. The quantitative estimate of drug-likeness (QED) is 0.731. The van der Waals surface area contributed by atoms with Crippen molar-refractivity contribution in [3.05, 3.63) is 52.5 Å². The van der Waals surface area contributed by atoms with E-state index in [0.717, 1.165) is 11.3 Å². The highest BCUT2D eigenvalue weighted by Gasteiger charge is 1.97. The first-order valence-corrected chi connectivity index (χ1v) is 4.49. The number of hydrogen-bond acceptors (Lipinski definition) is 3. The van der Waals surface area contributed by atoms with Crippen molar-refractivity contribution in [3.63, 3.8) is 0 Å². The Balaban J connectivity index is 2.30. The van der Waals surface area contributed by atoms with Gasteiger partial charge in [-0.05, 0) is 13.0 Å². The lowest BCUT2D eigenvalue weighted by Gasteiger charge is -1.93. The molecule has 0 saturated heterocycles. The van der Waals surface area contributed by atoms with Crippen LogP contribution in [-0.2, 0) is 0 Å². The molecule has 0 amide bonds. The van der Waals surface area contributed by atoms with Crippen LogP contribution in [0.25, 0.3) is 0 Å². The van der Waals surface area contributed by atoms with Crippen molar-refractivity contribution in [2.45, 2.75) is 6.92 Å². The Morgan fingerprint density at radius 2 is 2.47 bits per heavy atom. The Kier molecular flexibility index (Phi) is 2.45. The Morgan fingerprint density at radius 1 is 1.60 bits per heavy atom. The van der Waals surface area contributed by atoms with Gasteiger partial charge < -0.3 is 4.98 Å². The molecule has 0 radical (unpaired) electrons. The van der Waals surface area contributed by atoms with Gasteiger partial charge in [-0.25, -0.2) is 4.79 Å². The zero-order chi connectivity index (χ0) is 10.7. The Bertz CT molecular complexity index is 524. The molecule has 5 heteroatoms. The summed E-state index contributed by atoms with van der Waals surface area (Å²) in [6.07, 6.45) is 6.57. The van der Waals surface area contributed by atoms with Crippen molar-refractivity contribution in [2.75, 3.05) is 0 Å². The summed E-state index contributed by atoms with van der Waals surface area (Å²) in [7, 11) is 0. The summed E-state index contributed by atoms with van der Waals surface area (Å²) in [5.74, 6) is 0. The van der Waals surface area contributed by atoms with Crippen molar-refractivity contribution in [1.82, 2.24) is 14.6 Å². The standard InChI is InChI=1S/C10H10N4O/c1-8-5-12-10(15)14(8)13-7-9-3-2-4-11-6-9/h2-7H,1H3,(H,12,15). The maximum atomic E-state index is 11.2. The van der Waals surface area contributed by atoms with Gasteiger partial charge in [0.2, 0.25) is 0 Å². The summed E-state index contributed by atoms with van der Waals surface area (Å²) in [4.78, 5) is 17.7. The first kappa shape index (κ1) is 9.39. The minimum Gasteiger partial charge on any atom is -0.311 e. The molecular weight excluding hydrogens is 192 g/mol. The van der Waals surface area contributed by atoms with Crippen LogP contribution < -0.4 is 5.69 Å². The number of H-pyrrole nitrogens is 1. The largest absolute Gasteiger partial charge is 0.346 e. The first-order chi connectivity index (χ1) is 7.27. The van der Waals surface area contributed by atoms with Gasteiger partial charge >= 0.3 is 5.69 Å². The molecule has 0 spiro atoms. The molecule has 0 fully saturated rings. The first-order valence-electron chi connectivity index (χ1n) is 4.49. The fourth-order valence-corrected chi connectivity index (χ4v) is 1.17. The van der Waals surface area contributed by atoms with Crippen LogP contribution in [0.4, 0.5) is 0 Å². The molecule has 0 saturated carbocycles. The smallest absolute Gasteiger partial charge is 0.311 e. The van der Waals surface area contributed by atoms with E-state index in [2.05, 4.69) is 15.1 Å². The molecule has 0 unspecified atom stereocenters. The predicted octanol–water partition coefficient (Wildman–Crippen LogP) is 0.762. The third-order valence-electron chi connectivity index (χ3n) is 1.94. The lowest BCUT2D eigenvalue weighted by Crippen LogP contribution is -2.13. The molecule has 0 aliphatic rings. The van der Waals surface area contributed by atoms with Gasteiger partial charge in [-0.3, -0.25) is 4.98 Å². The number of aryl methyl sites for hydroxylation is 1. The minimum atomic E-state index is -0.243. The van der Waals surface area contributed by atoms with E-state index in [9.17, 15) is 4.79 Å². The third kappa shape index (κ3) is 2.01.